The summed E-state index contributed by atoms with van der Waals surface area (Å²) in [5.74, 6) is -1.39. The quantitative estimate of drug-likeness (QED) is 0.472. The van der Waals surface area contributed by atoms with Crippen molar-refractivity contribution in [3.05, 3.63) is 96.7 Å². The Labute approximate surface area is 190 Å². The lowest BCUT2D eigenvalue weighted by atomic mass is 9.86. The van der Waals surface area contributed by atoms with Gasteiger partial charge in [0.25, 0.3) is 11.9 Å². The average Bonchev–Trinajstić information content (AvgIpc) is 3.28. The summed E-state index contributed by atoms with van der Waals surface area (Å²) in [6.45, 7) is 0. The van der Waals surface area contributed by atoms with E-state index in [1.807, 2.05) is 0 Å². The summed E-state index contributed by atoms with van der Waals surface area (Å²) < 4.78 is 12.5. The number of nitrogens with two attached hydrogens (primary N) is 2. The van der Waals surface area contributed by atoms with Crippen molar-refractivity contribution in [2.45, 2.75) is 5.92 Å². The zero-order valence-electron chi connectivity index (χ0n) is 16.2. The molecule has 160 valence electrons. The molecule has 0 bridgehead atoms. The minimum absolute atomic E-state index is 0.0426. The largest absolute Gasteiger partial charge is 0.406 e. The topological polar surface area (TPSA) is 130 Å². The number of primary amides is 1. The van der Waals surface area contributed by atoms with E-state index in [4.69, 9.17) is 43.5 Å². The number of fused-ring (bicyclic) bond motifs is 3. The Bertz CT molecular complexity index is 1550. The second-order valence-corrected chi connectivity index (χ2v) is 7.99. The Morgan fingerprint density at radius 1 is 1.03 bits per heavy atom. The third kappa shape index (κ3) is 3.21. The van der Waals surface area contributed by atoms with Gasteiger partial charge in [-0.15, -0.1) is 0 Å². The molecule has 5 rings (SSSR count). The van der Waals surface area contributed by atoms with E-state index in [9.17, 15) is 9.59 Å². The van der Waals surface area contributed by atoms with E-state index in [0.29, 0.717) is 26.9 Å². The smallest absolute Gasteiger partial charge is 0.362 e. The summed E-state index contributed by atoms with van der Waals surface area (Å²) in [6, 6.07) is 13.5. The molecule has 0 fully saturated rings. The fourth-order valence-electron chi connectivity index (χ4n) is 3.78. The van der Waals surface area contributed by atoms with Gasteiger partial charge in [-0.2, -0.15) is 4.98 Å². The maximum Gasteiger partial charge on any atom is 0.362 e. The maximum absolute atomic E-state index is 12.8. The lowest BCUT2D eigenvalue weighted by Crippen LogP contribution is -2.38. The number of carbonyl (C=O) groups is 1. The highest BCUT2D eigenvalue weighted by Gasteiger charge is 2.38. The van der Waals surface area contributed by atoms with Crippen LogP contribution in [0.1, 0.15) is 22.7 Å². The number of anilines is 1. The number of rotatable bonds is 3. The van der Waals surface area contributed by atoms with Gasteiger partial charge in [-0.3, -0.25) is 4.79 Å². The van der Waals surface area contributed by atoms with Gasteiger partial charge in [0, 0.05) is 10.0 Å². The summed E-state index contributed by atoms with van der Waals surface area (Å²) in [5, 5.41) is 1.17. The Balaban J connectivity index is 1.89. The normalized spacial score (nSPS) is 15.5. The fraction of sp³-hybridized carbons (Fsp3) is 0.0455. The van der Waals surface area contributed by atoms with Crippen LogP contribution in [0.4, 0.5) is 6.01 Å². The number of nitrogens with zero attached hydrogens (tertiary/aromatic N) is 2. The molecule has 0 unspecified atom stereocenters. The SMILES string of the molecule is NC(=O)C1=c2oc(=O)/c(=C\c3ccc(Cl)cc3)n2-c2oc(N)nc2[C@H]1c1ccc(Cl)cc1. The molecule has 0 saturated heterocycles. The molecular weight excluding hydrogens is 455 g/mol. The van der Waals surface area contributed by atoms with Crippen LogP contribution in [-0.2, 0) is 4.79 Å². The van der Waals surface area contributed by atoms with Gasteiger partial charge in [0.15, 0.2) is 0 Å². The molecule has 0 radical (unpaired) electrons. The number of halogens is 2. The van der Waals surface area contributed by atoms with Gasteiger partial charge in [0.2, 0.25) is 11.4 Å². The molecule has 3 heterocycles. The zero-order valence-corrected chi connectivity index (χ0v) is 17.7. The maximum atomic E-state index is 12.8. The van der Waals surface area contributed by atoms with Crippen LogP contribution in [-0.4, -0.2) is 15.5 Å². The number of benzene rings is 2. The Kier molecular flexibility index (Phi) is 4.69. The molecular formula is C22H14Cl2N4O4. The molecule has 0 saturated carbocycles. The first kappa shape index (κ1) is 20.2. The van der Waals surface area contributed by atoms with E-state index in [1.54, 1.807) is 54.6 Å². The van der Waals surface area contributed by atoms with Gasteiger partial charge >= 0.3 is 5.63 Å². The van der Waals surface area contributed by atoms with Gasteiger partial charge < -0.3 is 20.3 Å². The molecule has 8 nitrogen and oxygen atoms in total. The van der Waals surface area contributed by atoms with Crippen molar-refractivity contribution in [3.63, 3.8) is 0 Å². The van der Waals surface area contributed by atoms with E-state index in [2.05, 4.69) is 4.98 Å². The predicted octanol–water partition coefficient (Wildman–Crippen LogP) is 1.92. The summed E-state index contributed by atoms with van der Waals surface area (Å²) in [7, 11) is 0. The highest BCUT2D eigenvalue weighted by Crippen LogP contribution is 2.38. The van der Waals surface area contributed by atoms with Crippen LogP contribution >= 0.6 is 23.2 Å². The van der Waals surface area contributed by atoms with Crippen molar-refractivity contribution in [2.75, 3.05) is 5.73 Å². The van der Waals surface area contributed by atoms with Crippen LogP contribution in [0.3, 0.4) is 0 Å². The summed E-state index contributed by atoms with van der Waals surface area (Å²) in [6.07, 6.45) is 1.58. The number of hydrogen-bond acceptors (Lipinski definition) is 6. The number of oxazole rings is 2. The third-order valence-corrected chi connectivity index (χ3v) is 5.64. The molecule has 4 N–H and O–H groups in total. The average molecular weight is 469 g/mol. The van der Waals surface area contributed by atoms with Crippen LogP contribution in [0, 0.1) is 0 Å². The number of hydrogen-bond donors (Lipinski definition) is 2. The first-order chi connectivity index (χ1) is 15.3. The van der Waals surface area contributed by atoms with E-state index < -0.39 is 17.5 Å². The highest BCUT2D eigenvalue weighted by atomic mass is 35.5. The molecule has 32 heavy (non-hydrogen) atoms. The number of aromatic nitrogens is 2. The van der Waals surface area contributed by atoms with Crippen LogP contribution in [0.2, 0.25) is 10.0 Å². The minimum Gasteiger partial charge on any atom is -0.406 e. The van der Waals surface area contributed by atoms with E-state index in [-0.39, 0.29) is 28.4 Å². The third-order valence-electron chi connectivity index (χ3n) is 5.13. The van der Waals surface area contributed by atoms with Crippen LogP contribution < -0.4 is 28.0 Å². The summed E-state index contributed by atoms with van der Waals surface area (Å²) >= 11 is 12.0. The van der Waals surface area contributed by atoms with E-state index in [1.165, 1.54) is 4.57 Å². The molecule has 2 aromatic carbocycles. The summed E-state index contributed by atoms with van der Waals surface area (Å²) in [5.41, 5.74) is 12.5. The van der Waals surface area contributed by atoms with Crippen LogP contribution in [0.15, 0.2) is 62.2 Å². The second kappa shape index (κ2) is 7.44. The number of amides is 1. The second-order valence-electron chi connectivity index (χ2n) is 7.12. The van der Waals surface area contributed by atoms with Crippen molar-refractivity contribution in [2.24, 2.45) is 5.73 Å². The van der Waals surface area contributed by atoms with Crippen molar-refractivity contribution < 1.29 is 13.6 Å². The minimum atomic E-state index is -0.780. The number of nitrogen functional groups attached to an aromatic ring is 1. The summed E-state index contributed by atoms with van der Waals surface area (Å²) in [4.78, 5) is 29.7. The lowest BCUT2D eigenvalue weighted by Gasteiger charge is -2.21. The van der Waals surface area contributed by atoms with E-state index >= 15 is 0 Å². The van der Waals surface area contributed by atoms with E-state index in [0.717, 1.165) is 0 Å². The molecule has 0 spiro atoms. The Hall–Kier alpha value is -3.75. The zero-order chi connectivity index (χ0) is 22.6. The first-order valence-electron chi connectivity index (χ1n) is 9.38. The van der Waals surface area contributed by atoms with Gasteiger partial charge in [-0.05, 0) is 41.5 Å². The highest BCUT2D eigenvalue weighted by molar-refractivity contribution is 6.30. The first-order valence-corrected chi connectivity index (χ1v) is 10.1. The van der Waals surface area contributed by atoms with Crippen molar-refractivity contribution in [1.82, 2.24) is 9.55 Å². The molecule has 1 amide bonds. The van der Waals surface area contributed by atoms with Gasteiger partial charge in [0.1, 0.15) is 11.0 Å². The van der Waals surface area contributed by atoms with Crippen LogP contribution in [0.25, 0.3) is 17.5 Å². The standard InChI is InChI=1S/C22H14Cl2N4O4/c23-12-5-1-10(2-6-12)9-14-21(30)31-19-16(18(25)29)15(11-3-7-13(24)8-4-11)17-20(28(14)19)32-22(26)27-17/h1-9,15H,(H2,25,29)(H2,26,27)/b14-9+/t15-/m0/s1. The molecule has 1 atom stereocenters. The number of carbonyl (C=O) groups excluding carboxylic acids is 1. The predicted molar refractivity (Wildman–Crippen MR) is 119 cm³/mol. The van der Waals surface area contributed by atoms with Crippen LogP contribution in [0.5, 0.6) is 0 Å². The Morgan fingerprint density at radius 3 is 2.28 bits per heavy atom. The van der Waals surface area contributed by atoms with Crippen molar-refractivity contribution >= 4 is 46.8 Å². The van der Waals surface area contributed by atoms with Crippen molar-refractivity contribution in [3.8, 4) is 5.88 Å². The molecule has 2 aromatic heterocycles. The molecule has 10 heteroatoms. The lowest BCUT2D eigenvalue weighted by molar-refractivity contribution is -0.113. The Morgan fingerprint density at radius 2 is 1.66 bits per heavy atom. The molecule has 1 aliphatic rings. The molecule has 0 aliphatic carbocycles. The molecule has 1 aliphatic heterocycles. The van der Waals surface area contributed by atoms with Gasteiger partial charge in [-0.1, -0.05) is 47.5 Å². The monoisotopic (exact) mass is 468 g/mol. The molecule has 4 aromatic rings. The fourth-order valence-corrected chi connectivity index (χ4v) is 4.03. The van der Waals surface area contributed by atoms with Crippen molar-refractivity contribution in [1.29, 1.82) is 0 Å². The van der Waals surface area contributed by atoms with Gasteiger partial charge in [-0.25, -0.2) is 9.36 Å². The van der Waals surface area contributed by atoms with Gasteiger partial charge in [0.05, 0.1) is 11.5 Å².